The molecule has 2 aromatic carbocycles. The van der Waals surface area contributed by atoms with E-state index in [0.717, 1.165) is 12.8 Å². The summed E-state index contributed by atoms with van der Waals surface area (Å²) in [7, 11) is 0. The van der Waals surface area contributed by atoms with Gasteiger partial charge in [0.2, 0.25) is 5.91 Å². The van der Waals surface area contributed by atoms with Crippen molar-refractivity contribution in [1.29, 1.82) is 0 Å². The van der Waals surface area contributed by atoms with Crippen molar-refractivity contribution < 1.29 is 23.5 Å². The predicted octanol–water partition coefficient (Wildman–Crippen LogP) is 3.13. The standard InChI is InChI=1S/C24H26ClFN4O4/c25-17-5-3-16(4-6-17)23(32)30-12-11-29(24(33)28-19-9-7-18(26)8-10-19)15-21(30)22(31)27-14-20-2-1-13-34-20/h3-10,20-21H,1-2,11-15H2,(H,27,31)(H,28,33). The Morgan fingerprint density at radius 3 is 2.47 bits per heavy atom. The number of halogens is 2. The molecule has 4 rings (SSSR count). The molecule has 0 bridgehead atoms. The Hall–Kier alpha value is -3.17. The highest BCUT2D eigenvalue weighted by Crippen LogP contribution is 2.19. The third-order valence-corrected chi connectivity index (χ3v) is 6.20. The van der Waals surface area contributed by atoms with Crippen molar-refractivity contribution in [2.24, 2.45) is 0 Å². The van der Waals surface area contributed by atoms with E-state index in [1.807, 2.05) is 0 Å². The average Bonchev–Trinajstić information content (AvgIpc) is 3.37. The maximum Gasteiger partial charge on any atom is 0.321 e. The van der Waals surface area contributed by atoms with Crippen LogP contribution in [0.5, 0.6) is 0 Å². The molecule has 0 aliphatic carbocycles. The molecule has 8 nitrogen and oxygen atoms in total. The second-order valence-corrected chi connectivity index (χ2v) is 8.72. The van der Waals surface area contributed by atoms with Crippen LogP contribution in [0.4, 0.5) is 14.9 Å². The fourth-order valence-corrected chi connectivity index (χ4v) is 4.19. The highest BCUT2D eigenvalue weighted by atomic mass is 35.5. The van der Waals surface area contributed by atoms with E-state index in [4.69, 9.17) is 16.3 Å². The molecule has 2 aliphatic heterocycles. The van der Waals surface area contributed by atoms with Crippen LogP contribution in [-0.2, 0) is 9.53 Å². The van der Waals surface area contributed by atoms with E-state index in [0.29, 0.717) is 29.4 Å². The van der Waals surface area contributed by atoms with Crippen molar-refractivity contribution in [3.63, 3.8) is 0 Å². The smallest absolute Gasteiger partial charge is 0.321 e. The summed E-state index contributed by atoms with van der Waals surface area (Å²) in [5.41, 5.74) is 0.844. The summed E-state index contributed by atoms with van der Waals surface area (Å²) in [6.45, 7) is 1.45. The van der Waals surface area contributed by atoms with Crippen molar-refractivity contribution in [1.82, 2.24) is 15.1 Å². The van der Waals surface area contributed by atoms with Gasteiger partial charge in [-0.25, -0.2) is 9.18 Å². The Bertz CT molecular complexity index is 1030. The third kappa shape index (κ3) is 5.84. The lowest BCUT2D eigenvalue weighted by Gasteiger charge is -2.40. The van der Waals surface area contributed by atoms with Gasteiger partial charge in [-0.15, -0.1) is 0 Å². The number of carbonyl (C=O) groups is 3. The first kappa shape index (κ1) is 24.0. The number of amides is 4. The van der Waals surface area contributed by atoms with Crippen molar-refractivity contribution in [2.45, 2.75) is 25.0 Å². The number of benzene rings is 2. The molecule has 2 aliphatic rings. The maximum absolute atomic E-state index is 13.2. The summed E-state index contributed by atoms with van der Waals surface area (Å²) in [6, 6.07) is 10.6. The van der Waals surface area contributed by atoms with Gasteiger partial charge in [0.1, 0.15) is 11.9 Å². The molecule has 2 saturated heterocycles. The van der Waals surface area contributed by atoms with Crippen LogP contribution in [0.3, 0.4) is 0 Å². The Balaban J connectivity index is 1.47. The number of carbonyl (C=O) groups excluding carboxylic acids is 3. The maximum atomic E-state index is 13.2. The van der Waals surface area contributed by atoms with Gasteiger partial charge < -0.3 is 25.2 Å². The molecule has 2 aromatic rings. The van der Waals surface area contributed by atoms with E-state index in [-0.39, 0.29) is 37.6 Å². The molecule has 0 aromatic heterocycles. The molecule has 2 heterocycles. The number of piperazine rings is 1. The zero-order valence-corrected chi connectivity index (χ0v) is 19.3. The van der Waals surface area contributed by atoms with Crippen LogP contribution >= 0.6 is 11.6 Å². The van der Waals surface area contributed by atoms with Crippen molar-refractivity contribution >= 4 is 35.1 Å². The van der Waals surface area contributed by atoms with Crippen molar-refractivity contribution in [3.8, 4) is 0 Å². The molecule has 2 N–H and O–H groups in total. The lowest BCUT2D eigenvalue weighted by atomic mass is 10.1. The minimum atomic E-state index is -0.878. The summed E-state index contributed by atoms with van der Waals surface area (Å²) < 4.78 is 18.7. The fraction of sp³-hybridized carbons (Fsp3) is 0.375. The van der Waals surface area contributed by atoms with Crippen LogP contribution in [0, 0.1) is 5.82 Å². The Labute approximate surface area is 202 Å². The Kier molecular flexibility index (Phi) is 7.64. The number of anilines is 1. The van der Waals surface area contributed by atoms with Crippen LogP contribution in [-0.4, -0.2) is 72.6 Å². The monoisotopic (exact) mass is 488 g/mol. The number of hydrogen-bond acceptors (Lipinski definition) is 4. The van der Waals surface area contributed by atoms with Crippen LogP contribution in [0.2, 0.25) is 5.02 Å². The topological polar surface area (TPSA) is 91.0 Å². The molecule has 34 heavy (non-hydrogen) atoms. The average molecular weight is 489 g/mol. The van der Waals surface area contributed by atoms with Gasteiger partial charge >= 0.3 is 6.03 Å². The Morgan fingerprint density at radius 1 is 1.06 bits per heavy atom. The van der Waals surface area contributed by atoms with Crippen molar-refractivity contribution in [2.75, 3.05) is 38.1 Å². The van der Waals surface area contributed by atoms with Gasteiger partial charge in [0, 0.05) is 42.5 Å². The lowest BCUT2D eigenvalue weighted by Crippen LogP contribution is -2.62. The van der Waals surface area contributed by atoms with E-state index in [2.05, 4.69) is 10.6 Å². The largest absolute Gasteiger partial charge is 0.376 e. The van der Waals surface area contributed by atoms with Gasteiger partial charge in [-0.3, -0.25) is 9.59 Å². The second-order valence-electron chi connectivity index (χ2n) is 8.28. The summed E-state index contributed by atoms with van der Waals surface area (Å²) in [5, 5.41) is 6.09. The lowest BCUT2D eigenvalue weighted by molar-refractivity contribution is -0.127. The van der Waals surface area contributed by atoms with Gasteiger partial charge in [-0.05, 0) is 61.4 Å². The quantitative estimate of drug-likeness (QED) is 0.676. The summed E-state index contributed by atoms with van der Waals surface area (Å²) in [5.74, 6) is -1.07. The number of hydrogen-bond donors (Lipinski definition) is 2. The minimum absolute atomic E-state index is 0.0176. The van der Waals surface area contributed by atoms with Gasteiger partial charge in [0.25, 0.3) is 5.91 Å². The Morgan fingerprint density at radius 2 is 1.79 bits per heavy atom. The highest BCUT2D eigenvalue weighted by Gasteiger charge is 2.37. The number of ether oxygens (including phenoxy) is 1. The summed E-state index contributed by atoms with van der Waals surface area (Å²) >= 11 is 5.94. The number of rotatable bonds is 5. The molecule has 2 atom stereocenters. The van der Waals surface area contributed by atoms with Crippen LogP contribution in [0.25, 0.3) is 0 Å². The molecule has 180 valence electrons. The molecule has 10 heteroatoms. The van der Waals surface area contributed by atoms with Crippen LogP contribution in [0.1, 0.15) is 23.2 Å². The number of nitrogens with one attached hydrogen (secondary N) is 2. The molecule has 0 saturated carbocycles. The SMILES string of the molecule is O=C(NCC1CCCO1)C1CN(C(=O)Nc2ccc(F)cc2)CCN1C(=O)c1ccc(Cl)cc1. The minimum Gasteiger partial charge on any atom is -0.376 e. The number of urea groups is 1. The first-order valence-corrected chi connectivity index (χ1v) is 11.6. The van der Waals surface area contributed by atoms with Gasteiger partial charge in [0.05, 0.1) is 12.6 Å². The van der Waals surface area contributed by atoms with E-state index in [1.165, 1.54) is 34.1 Å². The predicted molar refractivity (Wildman–Crippen MR) is 125 cm³/mol. The third-order valence-electron chi connectivity index (χ3n) is 5.95. The van der Waals surface area contributed by atoms with E-state index in [1.54, 1.807) is 24.3 Å². The summed E-state index contributed by atoms with van der Waals surface area (Å²) in [6.07, 6.45) is 1.76. The van der Waals surface area contributed by atoms with E-state index in [9.17, 15) is 18.8 Å². The molecule has 2 fully saturated rings. The van der Waals surface area contributed by atoms with Gasteiger partial charge in [-0.2, -0.15) is 0 Å². The molecule has 0 spiro atoms. The van der Waals surface area contributed by atoms with Crippen LogP contribution in [0.15, 0.2) is 48.5 Å². The zero-order valence-electron chi connectivity index (χ0n) is 18.5. The first-order chi connectivity index (χ1) is 16.4. The molecular weight excluding hydrogens is 463 g/mol. The highest BCUT2D eigenvalue weighted by molar-refractivity contribution is 6.30. The fourth-order valence-electron chi connectivity index (χ4n) is 4.07. The molecule has 0 radical (unpaired) electrons. The van der Waals surface area contributed by atoms with Gasteiger partial charge in [-0.1, -0.05) is 11.6 Å². The molecule has 2 unspecified atom stereocenters. The zero-order chi connectivity index (χ0) is 24.1. The summed E-state index contributed by atoms with van der Waals surface area (Å²) in [4.78, 5) is 42.1. The second kappa shape index (κ2) is 10.8. The normalized spacial score (nSPS) is 20.2. The number of nitrogens with zero attached hydrogens (tertiary/aromatic N) is 2. The van der Waals surface area contributed by atoms with E-state index >= 15 is 0 Å². The first-order valence-electron chi connectivity index (χ1n) is 11.2. The molecule has 4 amide bonds. The van der Waals surface area contributed by atoms with Crippen LogP contribution < -0.4 is 10.6 Å². The van der Waals surface area contributed by atoms with Crippen molar-refractivity contribution in [3.05, 3.63) is 64.9 Å². The van der Waals surface area contributed by atoms with E-state index < -0.39 is 17.9 Å². The van der Waals surface area contributed by atoms with Gasteiger partial charge in [0.15, 0.2) is 0 Å². The molecular formula is C24H26ClFN4O4.